The lowest BCUT2D eigenvalue weighted by atomic mass is 10.1. The molecule has 0 spiro atoms. The van der Waals surface area contributed by atoms with Crippen LogP contribution in [0.3, 0.4) is 0 Å². The maximum absolute atomic E-state index is 10.9. The Balaban J connectivity index is 2.99. The summed E-state index contributed by atoms with van der Waals surface area (Å²) >= 11 is 0. The highest BCUT2D eigenvalue weighted by Gasteiger charge is 2.48. The van der Waals surface area contributed by atoms with E-state index < -0.39 is 8.56 Å². The van der Waals surface area contributed by atoms with Crippen molar-refractivity contribution >= 4 is 14.8 Å². The van der Waals surface area contributed by atoms with Crippen LogP contribution in [0.4, 0.5) is 0 Å². The van der Waals surface area contributed by atoms with Gasteiger partial charge in [0.05, 0.1) is 12.2 Å². The van der Waals surface area contributed by atoms with E-state index in [1.807, 2.05) is 6.08 Å². The van der Waals surface area contributed by atoms with E-state index in [9.17, 15) is 4.79 Å². The van der Waals surface area contributed by atoms with Gasteiger partial charge in [0.15, 0.2) is 0 Å². The standard InChI is InChI=1S/C16H30O3Si/c1-6-7-8-15-9-10-16(11-12-17)19-20(18-15,13(2)3)14(4)5/h9-10,12-16H,6-8,11H2,1-5H3/t15-,16-/m0/s1. The summed E-state index contributed by atoms with van der Waals surface area (Å²) in [6.45, 7) is 10.9. The Morgan fingerprint density at radius 3 is 2.15 bits per heavy atom. The first-order valence-electron chi connectivity index (χ1n) is 7.93. The van der Waals surface area contributed by atoms with Crippen molar-refractivity contribution in [2.75, 3.05) is 0 Å². The van der Waals surface area contributed by atoms with E-state index in [1.165, 1.54) is 6.42 Å². The maximum Gasteiger partial charge on any atom is 0.344 e. The molecule has 1 rings (SSSR count). The van der Waals surface area contributed by atoms with Gasteiger partial charge in [-0.15, -0.1) is 0 Å². The van der Waals surface area contributed by atoms with Gasteiger partial charge in [0, 0.05) is 6.42 Å². The van der Waals surface area contributed by atoms with Crippen LogP contribution < -0.4 is 0 Å². The van der Waals surface area contributed by atoms with Crippen molar-refractivity contribution < 1.29 is 13.6 Å². The molecule has 1 aliphatic rings. The molecular weight excluding hydrogens is 268 g/mol. The summed E-state index contributed by atoms with van der Waals surface area (Å²) in [5, 5.41) is 0. The molecule has 0 aliphatic carbocycles. The summed E-state index contributed by atoms with van der Waals surface area (Å²) in [5.41, 5.74) is 0.751. The molecule has 0 aromatic heterocycles. The molecule has 20 heavy (non-hydrogen) atoms. The molecule has 0 fully saturated rings. The van der Waals surface area contributed by atoms with Crippen LogP contribution in [0.1, 0.15) is 60.3 Å². The molecule has 0 bridgehead atoms. The number of carbonyl (C=O) groups excluding carboxylic acids is 1. The normalized spacial score (nSPS) is 25.9. The molecular formula is C16H30O3Si. The molecule has 0 N–H and O–H groups in total. The summed E-state index contributed by atoms with van der Waals surface area (Å²) in [5.74, 6) is 0. The summed E-state index contributed by atoms with van der Waals surface area (Å²) in [6, 6.07) is 0. The van der Waals surface area contributed by atoms with Crippen molar-refractivity contribution in [1.29, 1.82) is 0 Å². The number of aldehydes is 1. The SMILES string of the molecule is CCCC[C@H]1C=C[C@@H](CC=O)O[Si](C(C)C)(C(C)C)O1. The highest BCUT2D eigenvalue weighted by Crippen LogP contribution is 2.39. The van der Waals surface area contributed by atoms with Crippen LogP contribution >= 0.6 is 0 Å². The Morgan fingerprint density at radius 2 is 1.65 bits per heavy atom. The fourth-order valence-corrected chi connectivity index (χ4v) is 6.62. The first-order chi connectivity index (χ1) is 9.46. The second-order valence-corrected chi connectivity index (χ2v) is 10.5. The first kappa shape index (κ1) is 17.6. The Morgan fingerprint density at radius 1 is 1.10 bits per heavy atom. The predicted molar refractivity (Wildman–Crippen MR) is 85.0 cm³/mol. The summed E-state index contributed by atoms with van der Waals surface area (Å²) in [6.07, 6.45) is 8.92. The minimum atomic E-state index is -2.32. The monoisotopic (exact) mass is 298 g/mol. The zero-order valence-corrected chi connectivity index (χ0v) is 14.6. The molecule has 1 aliphatic heterocycles. The fraction of sp³-hybridized carbons (Fsp3) is 0.812. The number of unbranched alkanes of at least 4 members (excludes halogenated alkanes) is 1. The number of hydrogen-bond acceptors (Lipinski definition) is 3. The Bertz CT molecular complexity index is 318. The molecule has 0 aromatic carbocycles. The Kier molecular flexibility index (Phi) is 7.13. The number of rotatable bonds is 7. The van der Waals surface area contributed by atoms with Crippen LogP contribution in [0, 0.1) is 0 Å². The Labute approximate surface area is 125 Å². The topological polar surface area (TPSA) is 35.5 Å². The molecule has 3 nitrogen and oxygen atoms in total. The van der Waals surface area contributed by atoms with Crippen LogP contribution in [0.5, 0.6) is 0 Å². The Hall–Kier alpha value is -0.453. The van der Waals surface area contributed by atoms with Crippen molar-refractivity contribution in [3.8, 4) is 0 Å². The smallest absolute Gasteiger partial charge is 0.344 e. The third kappa shape index (κ3) is 4.27. The van der Waals surface area contributed by atoms with Crippen LogP contribution in [0.25, 0.3) is 0 Å². The summed E-state index contributed by atoms with van der Waals surface area (Å²) in [7, 11) is -2.32. The second kappa shape index (κ2) is 8.10. The molecule has 0 saturated carbocycles. The van der Waals surface area contributed by atoms with Gasteiger partial charge in [-0.05, 0) is 17.5 Å². The van der Waals surface area contributed by atoms with E-state index in [0.717, 1.165) is 19.1 Å². The largest absolute Gasteiger partial charge is 0.387 e. The van der Waals surface area contributed by atoms with Gasteiger partial charge in [-0.1, -0.05) is 59.6 Å². The van der Waals surface area contributed by atoms with Gasteiger partial charge >= 0.3 is 8.56 Å². The molecule has 4 heteroatoms. The minimum absolute atomic E-state index is 0.115. The van der Waals surface area contributed by atoms with E-state index in [2.05, 4.69) is 40.7 Å². The van der Waals surface area contributed by atoms with Gasteiger partial charge in [-0.25, -0.2) is 0 Å². The van der Waals surface area contributed by atoms with Gasteiger partial charge in [0.25, 0.3) is 0 Å². The lowest BCUT2D eigenvalue weighted by molar-refractivity contribution is -0.109. The zero-order chi connectivity index (χ0) is 15.2. The molecule has 116 valence electrons. The van der Waals surface area contributed by atoms with E-state index >= 15 is 0 Å². The highest BCUT2D eigenvalue weighted by atomic mass is 28.4. The van der Waals surface area contributed by atoms with E-state index in [4.69, 9.17) is 8.85 Å². The number of carbonyl (C=O) groups is 1. The molecule has 0 radical (unpaired) electrons. The maximum atomic E-state index is 10.9. The molecule has 0 aromatic rings. The average molecular weight is 298 g/mol. The summed E-state index contributed by atoms with van der Waals surface area (Å²) < 4.78 is 12.9. The van der Waals surface area contributed by atoms with Gasteiger partial charge in [0.2, 0.25) is 0 Å². The molecule has 0 amide bonds. The first-order valence-corrected chi connectivity index (χ1v) is 9.91. The van der Waals surface area contributed by atoms with Gasteiger partial charge in [-0.2, -0.15) is 0 Å². The van der Waals surface area contributed by atoms with Gasteiger partial charge in [0.1, 0.15) is 6.29 Å². The molecule has 1 heterocycles. The third-order valence-corrected chi connectivity index (χ3v) is 8.55. The van der Waals surface area contributed by atoms with Crippen LogP contribution in [0.15, 0.2) is 12.2 Å². The van der Waals surface area contributed by atoms with Crippen molar-refractivity contribution in [3.63, 3.8) is 0 Å². The molecule has 2 atom stereocenters. The van der Waals surface area contributed by atoms with Gasteiger partial charge < -0.3 is 13.6 Å². The van der Waals surface area contributed by atoms with Crippen LogP contribution in [-0.4, -0.2) is 27.1 Å². The lowest BCUT2D eigenvalue weighted by Gasteiger charge is -2.40. The van der Waals surface area contributed by atoms with Gasteiger partial charge in [-0.3, -0.25) is 0 Å². The van der Waals surface area contributed by atoms with E-state index in [-0.39, 0.29) is 12.2 Å². The highest BCUT2D eigenvalue weighted by molar-refractivity contribution is 6.70. The average Bonchev–Trinajstić information content (AvgIpc) is 2.57. The van der Waals surface area contributed by atoms with Crippen molar-refractivity contribution in [1.82, 2.24) is 0 Å². The molecule has 0 unspecified atom stereocenters. The van der Waals surface area contributed by atoms with E-state index in [1.54, 1.807) is 0 Å². The predicted octanol–water partition coefficient (Wildman–Crippen LogP) is 4.37. The van der Waals surface area contributed by atoms with Crippen LogP contribution in [-0.2, 0) is 13.6 Å². The van der Waals surface area contributed by atoms with Crippen molar-refractivity contribution in [2.45, 2.75) is 83.6 Å². The van der Waals surface area contributed by atoms with Crippen molar-refractivity contribution in [2.24, 2.45) is 0 Å². The minimum Gasteiger partial charge on any atom is -0.387 e. The summed E-state index contributed by atoms with van der Waals surface area (Å²) in [4.78, 5) is 10.9. The zero-order valence-electron chi connectivity index (χ0n) is 13.6. The van der Waals surface area contributed by atoms with Crippen LogP contribution in [0.2, 0.25) is 11.1 Å². The third-order valence-electron chi connectivity index (χ3n) is 3.99. The lowest BCUT2D eigenvalue weighted by Crippen LogP contribution is -2.51. The second-order valence-electron chi connectivity index (χ2n) is 6.27. The quantitative estimate of drug-likeness (QED) is 0.398. The van der Waals surface area contributed by atoms with E-state index in [0.29, 0.717) is 17.5 Å². The number of hydrogen-bond donors (Lipinski definition) is 0. The fourth-order valence-electron chi connectivity index (χ4n) is 2.82. The van der Waals surface area contributed by atoms with Crippen molar-refractivity contribution in [3.05, 3.63) is 12.2 Å². The molecule has 0 saturated heterocycles.